The SMILES string of the molecule is O=[PH](O)Oc1ccc2ccccc2c1-c1c(O)ccc2ccccc12. The molecule has 0 spiro atoms. The molecule has 0 heterocycles. The van der Waals surface area contributed by atoms with Gasteiger partial charge in [0.1, 0.15) is 11.5 Å². The largest absolute Gasteiger partial charge is 0.507 e. The molecule has 4 rings (SSSR count). The van der Waals surface area contributed by atoms with E-state index in [9.17, 15) is 14.6 Å². The fourth-order valence-corrected chi connectivity index (χ4v) is 3.57. The molecule has 2 N–H and O–H groups in total. The van der Waals surface area contributed by atoms with Gasteiger partial charge in [0.05, 0.1) is 0 Å². The lowest BCUT2D eigenvalue weighted by Gasteiger charge is -2.16. The van der Waals surface area contributed by atoms with Crippen LogP contribution in [0.2, 0.25) is 0 Å². The summed E-state index contributed by atoms with van der Waals surface area (Å²) in [5.41, 5.74) is 1.20. The van der Waals surface area contributed by atoms with E-state index in [2.05, 4.69) is 0 Å². The van der Waals surface area contributed by atoms with Crippen LogP contribution in [0.3, 0.4) is 0 Å². The lowest BCUT2D eigenvalue weighted by Crippen LogP contribution is -1.90. The van der Waals surface area contributed by atoms with E-state index in [4.69, 9.17) is 4.52 Å². The van der Waals surface area contributed by atoms with Crippen molar-refractivity contribution in [3.63, 3.8) is 0 Å². The van der Waals surface area contributed by atoms with Crippen LogP contribution in [0.5, 0.6) is 11.5 Å². The summed E-state index contributed by atoms with van der Waals surface area (Å²) >= 11 is 0. The molecule has 0 aliphatic carbocycles. The third-order valence-electron chi connectivity index (χ3n) is 4.25. The third-order valence-corrected chi connectivity index (χ3v) is 4.64. The van der Waals surface area contributed by atoms with Crippen molar-refractivity contribution >= 4 is 29.8 Å². The third kappa shape index (κ3) is 2.76. The van der Waals surface area contributed by atoms with Crippen molar-refractivity contribution in [3.05, 3.63) is 72.8 Å². The van der Waals surface area contributed by atoms with Crippen LogP contribution in [0.1, 0.15) is 0 Å². The molecular formula is C20H15O4P. The maximum atomic E-state index is 11.3. The number of hydrogen-bond donors (Lipinski definition) is 2. The summed E-state index contributed by atoms with van der Waals surface area (Å²) in [5, 5.41) is 14.2. The Bertz CT molecular complexity index is 1120. The van der Waals surface area contributed by atoms with Crippen molar-refractivity contribution in [1.29, 1.82) is 0 Å². The summed E-state index contributed by atoms with van der Waals surface area (Å²) < 4.78 is 16.5. The van der Waals surface area contributed by atoms with Gasteiger partial charge in [-0.2, -0.15) is 0 Å². The smallest absolute Gasteiger partial charge is 0.365 e. The Morgan fingerprint density at radius 2 is 1.28 bits per heavy atom. The van der Waals surface area contributed by atoms with Gasteiger partial charge in [0.15, 0.2) is 0 Å². The van der Waals surface area contributed by atoms with Gasteiger partial charge >= 0.3 is 8.25 Å². The van der Waals surface area contributed by atoms with E-state index >= 15 is 0 Å². The Labute approximate surface area is 144 Å². The van der Waals surface area contributed by atoms with Crippen molar-refractivity contribution < 1.29 is 19.1 Å². The van der Waals surface area contributed by atoms with Gasteiger partial charge < -0.3 is 14.5 Å². The van der Waals surface area contributed by atoms with Gasteiger partial charge in [-0.05, 0) is 33.7 Å². The molecule has 0 bridgehead atoms. The second kappa shape index (κ2) is 6.25. The minimum absolute atomic E-state index is 0.0949. The molecule has 0 saturated heterocycles. The Morgan fingerprint density at radius 3 is 1.92 bits per heavy atom. The average Bonchev–Trinajstić information content (AvgIpc) is 2.62. The number of hydrogen-bond acceptors (Lipinski definition) is 3. The fraction of sp³-hybridized carbons (Fsp3) is 0. The molecule has 25 heavy (non-hydrogen) atoms. The van der Waals surface area contributed by atoms with Crippen LogP contribution in [0.4, 0.5) is 0 Å². The van der Waals surface area contributed by atoms with Crippen molar-refractivity contribution in [1.82, 2.24) is 0 Å². The van der Waals surface area contributed by atoms with Gasteiger partial charge in [0, 0.05) is 11.1 Å². The Hall–Kier alpha value is -2.81. The second-order valence-electron chi connectivity index (χ2n) is 5.71. The maximum Gasteiger partial charge on any atom is 0.365 e. The number of phenolic OH excluding ortho intramolecular Hbond substituents is 1. The summed E-state index contributed by atoms with van der Waals surface area (Å²) in [6.07, 6.45) is 0. The van der Waals surface area contributed by atoms with Crippen LogP contribution >= 0.6 is 8.25 Å². The first-order valence-corrected chi connectivity index (χ1v) is 9.05. The van der Waals surface area contributed by atoms with Gasteiger partial charge in [0.25, 0.3) is 0 Å². The van der Waals surface area contributed by atoms with Crippen molar-refractivity contribution in [2.75, 3.05) is 0 Å². The molecule has 1 unspecified atom stereocenters. The molecular weight excluding hydrogens is 335 g/mol. The van der Waals surface area contributed by atoms with E-state index in [-0.39, 0.29) is 11.5 Å². The predicted molar refractivity (Wildman–Crippen MR) is 100 cm³/mol. The quantitative estimate of drug-likeness (QED) is 0.503. The molecule has 4 aromatic carbocycles. The summed E-state index contributed by atoms with van der Waals surface area (Å²) in [4.78, 5) is 9.29. The summed E-state index contributed by atoms with van der Waals surface area (Å²) in [6, 6.07) is 22.3. The highest BCUT2D eigenvalue weighted by atomic mass is 31.1. The van der Waals surface area contributed by atoms with Crippen LogP contribution in [-0.4, -0.2) is 10.00 Å². The summed E-state index contributed by atoms with van der Waals surface area (Å²) in [6.45, 7) is 0. The molecule has 5 heteroatoms. The molecule has 124 valence electrons. The van der Waals surface area contributed by atoms with Crippen molar-refractivity contribution in [2.24, 2.45) is 0 Å². The predicted octanol–water partition coefficient (Wildman–Crippen LogP) is 5.13. The molecule has 4 nitrogen and oxygen atoms in total. The minimum Gasteiger partial charge on any atom is -0.507 e. The Balaban J connectivity index is 2.16. The standard InChI is InChI=1S/C20H15O4P/c21-17-11-9-13-5-1-3-7-15(13)19(17)20-16-8-4-2-6-14(16)10-12-18(20)24-25(22)23/h1-12,21,25H,(H,22,23). The molecule has 4 aromatic rings. The molecule has 0 fully saturated rings. The van der Waals surface area contributed by atoms with Crippen LogP contribution in [0.25, 0.3) is 32.7 Å². The highest BCUT2D eigenvalue weighted by Gasteiger charge is 2.18. The number of rotatable bonds is 3. The monoisotopic (exact) mass is 350 g/mol. The number of benzene rings is 4. The van der Waals surface area contributed by atoms with E-state index in [0.717, 1.165) is 21.5 Å². The van der Waals surface area contributed by atoms with Gasteiger partial charge in [-0.3, -0.25) is 0 Å². The Kier molecular flexibility index (Phi) is 3.92. The number of fused-ring (bicyclic) bond motifs is 2. The van der Waals surface area contributed by atoms with Crippen molar-refractivity contribution in [3.8, 4) is 22.6 Å². The van der Waals surface area contributed by atoms with Crippen LogP contribution in [0, 0.1) is 0 Å². The van der Waals surface area contributed by atoms with E-state index < -0.39 is 8.25 Å². The van der Waals surface area contributed by atoms with E-state index in [1.54, 1.807) is 12.1 Å². The first-order valence-electron chi connectivity index (χ1n) is 7.79. The normalized spacial score (nSPS) is 12.4. The first-order chi connectivity index (χ1) is 12.1. The van der Waals surface area contributed by atoms with Gasteiger partial charge in [-0.1, -0.05) is 60.7 Å². The second-order valence-corrected chi connectivity index (χ2v) is 6.44. The van der Waals surface area contributed by atoms with Crippen LogP contribution in [0.15, 0.2) is 72.8 Å². The topological polar surface area (TPSA) is 66.8 Å². The minimum atomic E-state index is -3.18. The summed E-state index contributed by atoms with van der Waals surface area (Å²) in [7, 11) is -3.18. The molecule has 0 aliphatic heterocycles. The van der Waals surface area contributed by atoms with E-state index in [1.165, 1.54) is 0 Å². The zero-order valence-electron chi connectivity index (χ0n) is 13.1. The highest BCUT2D eigenvalue weighted by molar-refractivity contribution is 7.32. The number of phenols is 1. The number of aromatic hydroxyl groups is 1. The average molecular weight is 350 g/mol. The maximum absolute atomic E-state index is 11.3. The molecule has 0 aliphatic rings. The molecule has 0 saturated carbocycles. The van der Waals surface area contributed by atoms with E-state index in [1.807, 2.05) is 60.7 Å². The molecule has 0 amide bonds. The molecule has 0 radical (unpaired) electrons. The zero-order valence-corrected chi connectivity index (χ0v) is 14.1. The fourth-order valence-electron chi connectivity index (χ4n) is 3.21. The Morgan fingerprint density at radius 1 is 0.720 bits per heavy atom. The lowest BCUT2D eigenvalue weighted by molar-refractivity contribution is 0.411. The molecule has 0 aromatic heterocycles. The van der Waals surface area contributed by atoms with Crippen LogP contribution in [-0.2, 0) is 4.57 Å². The first kappa shape index (κ1) is 15.7. The van der Waals surface area contributed by atoms with Crippen molar-refractivity contribution in [2.45, 2.75) is 0 Å². The zero-order chi connectivity index (χ0) is 17.4. The van der Waals surface area contributed by atoms with Gasteiger partial charge in [-0.25, -0.2) is 4.57 Å². The highest BCUT2D eigenvalue weighted by Crippen LogP contribution is 2.46. The van der Waals surface area contributed by atoms with E-state index in [0.29, 0.717) is 11.1 Å². The summed E-state index contributed by atoms with van der Waals surface area (Å²) in [5.74, 6) is 0.370. The lowest BCUT2D eigenvalue weighted by atomic mass is 9.92. The van der Waals surface area contributed by atoms with Gasteiger partial charge in [-0.15, -0.1) is 0 Å². The molecule has 1 atom stereocenters. The van der Waals surface area contributed by atoms with Crippen LogP contribution < -0.4 is 4.52 Å². The van der Waals surface area contributed by atoms with Gasteiger partial charge in [0.2, 0.25) is 0 Å².